The van der Waals surface area contributed by atoms with Gasteiger partial charge in [-0.15, -0.1) is 0 Å². The monoisotopic (exact) mass is 329 g/mol. The smallest absolute Gasteiger partial charge is 0.242 e. The number of carbonyl (C=O) groups excluding carboxylic acids is 1. The summed E-state index contributed by atoms with van der Waals surface area (Å²) < 4.78 is 0. The number of likely N-dealkylation sites (N-methyl/N-ethyl adjacent to an activating group) is 1. The average Bonchev–Trinajstić information content (AvgIpc) is 2.56. The highest BCUT2D eigenvalue weighted by Gasteiger charge is 2.41. The first-order valence-corrected chi connectivity index (χ1v) is 9.41. The lowest BCUT2D eigenvalue weighted by molar-refractivity contribution is -0.128. The van der Waals surface area contributed by atoms with Crippen LogP contribution in [0.15, 0.2) is 30.3 Å². The van der Waals surface area contributed by atoms with Crippen LogP contribution in [0.25, 0.3) is 0 Å². The largest absolute Gasteiger partial charge is 0.351 e. The highest BCUT2D eigenvalue weighted by Crippen LogP contribution is 2.40. The maximum absolute atomic E-state index is 13.1. The molecule has 4 nitrogen and oxygen atoms in total. The van der Waals surface area contributed by atoms with Crippen LogP contribution < -0.4 is 11.1 Å². The van der Waals surface area contributed by atoms with Crippen LogP contribution in [-0.2, 0) is 4.79 Å². The molecule has 24 heavy (non-hydrogen) atoms. The Hall–Kier alpha value is -1.39. The number of rotatable bonds is 5. The predicted molar refractivity (Wildman–Crippen MR) is 97.5 cm³/mol. The SMILES string of the molecule is CCN(C)C(C(=O)NC1C2CCCC1CC(N)C2)c1ccccc1. The molecule has 3 unspecified atom stereocenters. The molecule has 1 amide bonds. The summed E-state index contributed by atoms with van der Waals surface area (Å²) >= 11 is 0. The summed E-state index contributed by atoms with van der Waals surface area (Å²) in [6.45, 7) is 2.94. The van der Waals surface area contributed by atoms with E-state index in [1.807, 2.05) is 37.4 Å². The van der Waals surface area contributed by atoms with Crippen molar-refractivity contribution in [3.63, 3.8) is 0 Å². The third-order valence-corrected chi connectivity index (χ3v) is 5.99. The molecule has 4 heteroatoms. The number of benzene rings is 1. The number of hydrogen-bond donors (Lipinski definition) is 2. The Morgan fingerprint density at radius 3 is 2.46 bits per heavy atom. The predicted octanol–water partition coefficient (Wildman–Crippen LogP) is 2.70. The van der Waals surface area contributed by atoms with Crippen LogP contribution in [0.1, 0.15) is 50.6 Å². The zero-order valence-corrected chi connectivity index (χ0v) is 14.9. The minimum absolute atomic E-state index is 0.142. The summed E-state index contributed by atoms with van der Waals surface area (Å²) in [4.78, 5) is 15.3. The summed E-state index contributed by atoms with van der Waals surface area (Å²) in [5.74, 6) is 1.25. The van der Waals surface area contributed by atoms with Gasteiger partial charge >= 0.3 is 0 Å². The van der Waals surface area contributed by atoms with Crippen molar-refractivity contribution in [2.75, 3.05) is 13.6 Å². The molecule has 0 saturated heterocycles. The van der Waals surface area contributed by atoms with Gasteiger partial charge in [-0.25, -0.2) is 0 Å². The van der Waals surface area contributed by atoms with E-state index in [0.29, 0.717) is 23.9 Å². The first kappa shape index (κ1) is 17.4. The Labute approximate surface area is 145 Å². The van der Waals surface area contributed by atoms with Crippen LogP contribution in [0, 0.1) is 11.8 Å². The first-order chi connectivity index (χ1) is 11.6. The fourth-order valence-corrected chi connectivity index (χ4v) is 4.69. The Morgan fingerprint density at radius 1 is 1.25 bits per heavy atom. The maximum atomic E-state index is 13.1. The summed E-state index contributed by atoms with van der Waals surface area (Å²) in [5.41, 5.74) is 7.28. The number of hydrogen-bond acceptors (Lipinski definition) is 3. The van der Waals surface area contributed by atoms with Crippen LogP contribution in [-0.4, -0.2) is 36.5 Å². The van der Waals surface area contributed by atoms with Gasteiger partial charge in [0.15, 0.2) is 0 Å². The van der Waals surface area contributed by atoms with E-state index < -0.39 is 0 Å². The molecule has 2 aliphatic carbocycles. The molecule has 0 aliphatic heterocycles. The number of carbonyl (C=O) groups is 1. The van der Waals surface area contributed by atoms with Crippen LogP contribution in [0.4, 0.5) is 0 Å². The average molecular weight is 329 g/mol. The summed E-state index contributed by atoms with van der Waals surface area (Å²) in [6, 6.07) is 10.5. The molecule has 3 atom stereocenters. The summed E-state index contributed by atoms with van der Waals surface area (Å²) in [7, 11) is 2.02. The number of fused-ring (bicyclic) bond motifs is 2. The second-order valence-electron chi connectivity index (χ2n) is 7.60. The molecular weight excluding hydrogens is 298 g/mol. The summed E-state index contributed by atoms with van der Waals surface area (Å²) in [6.07, 6.45) is 5.80. The van der Waals surface area contributed by atoms with Gasteiger partial charge in [0.05, 0.1) is 0 Å². The van der Waals surface area contributed by atoms with Gasteiger partial charge in [-0.2, -0.15) is 0 Å². The highest BCUT2D eigenvalue weighted by molar-refractivity contribution is 5.83. The Kier molecular flexibility index (Phi) is 5.57. The quantitative estimate of drug-likeness (QED) is 0.873. The fourth-order valence-electron chi connectivity index (χ4n) is 4.69. The molecule has 0 spiro atoms. The molecule has 1 aromatic carbocycles. The van der Waals surface area contributed by atoms with E-state index in [2.05, 4.69) is 17.1 Å². The highest BCUT2D eigenvalue weighted by atomic mass is 16.2. The van der Waals surface area contributed by atoms with Gasteiger partial charge in [-0.1, -0.05) is 43.7 Å². The van der Waals surface area contributed by atoms with E-state index in [9.17, 15) is 4.79 Å². The second-order valence-corrected chi connectivity index (χ2v) is 7.60. The molecule has 132 valence electrons. The van der Waals surface area contributed by atoms with Crippen molar-refractivity contribution in [1.82, 2.24) is 10.2 Å². The number of nitrogens with two attached hydrogens (primary N) is 1. The van der Waals surface area contributed by atoms with Crippen molar-refractivity contribution < 1.29 is 4.79 Å². The lowest BCUT2D eigenvalue weighted by atomic mass is 9.67. The number of nitrogens with one attached hydrogen (secondary N) is 1. The minimum atomic E-state index is -0.215. The zero-order valence-electron chi connectivity index (χ0n) is 14.9. The molecule has 0 radical (unpaired) electrons. The van der Waals surface area contributed by atoms with Crippen molar-refractivity contribution in [2.24, 2.45) is 17.6 Å². The minimum Gasteiger partial charge on any atom is -0.351 e. The van der Waals surface area contributed by atoms with Crippen LogP contribution >= 0.6 is 0 Å². The third kappa shape index (κ3) is 3.65. The van der Waals surface area contributed by atoms with E-state index in [1.54, 1.807) is 0 Å². The van der Waals surface area contributed by atoms with Crippen molar-refractivity contribution in [3.8, 4) is 0 Å². The van der Waals surface area contributed by atoms with Crippen molar-refractivity contribution in [3.05, 3.63) is 35.9 Å². The standard InChI is InChI=1S/C20H31N3O/c1-3-23(2)19(14-8-5-4-6-9-14)20(24)22-18-15-10-7-11-16(18)13-17(21)12-15/h4-6,8-9,15-19H,3,7,10-13,21H2,1-2H3,(H,22,24). The van der Waals surface area contributed by atoms with Crippen molar-refractivity contribution in [1.29, 1.82) is 0 Å². The van der Waals surface area contributed by atoms with E-state index >= 15 is 0 Å². The molecule has 1 aromatic rings. The molecule has 2 fully saturated rings. The van der Waals surface area contributed by atoms with E-state index in [-0.39, 0.29) is 11.9 Å². The topological polar surface area (TPSA) is 58.4 Å². The molecular formula is C20H31N3O. The van der Waals surface area contributed by atoms with Gasteiger partial charge < -0.3 is 11.1 Å². The molecule has 2 bridgehead atoms. The molecule has 2 saturated carbocycles. The van der Waals surface area contributed by atoms with Gasteiger partial charge in [0.2, 0.25) is 5.91 Å². The molecule has 3 rings (SSSR count). The second kappa shape index (κ2) is 7.66. The lowest BCUT2D eigenvalue weighted by Gasteiger charge is -2.45. The van der Waals surface area contributed by atoms with Gasteiger partial charge in [0.1, 0.15) is 6.04 Å². The number of amides is 1. The van der Waals surface area contributed by atoms with E-state index in [4.69, 9.17) is 5.73 Å². The molecule has 2 aliphatic rings. The van der Waals surface area contributed by atoms with Gasteiger partial charge in [0.25, 0.3) is 0 Å². The molecule has 0 aromatic heterocycles. The van der Waals surface area contributed by atoms with Crippen LogP contribution in [0.2, 0.25) is 0 Å². The van der Waals surface area contributed by atoms with Gasteiger partial charge in [0, 0.05) is 12.1 Å². The zero-order chi connectivity index (χ0) is 17.1. The summed E-state index contributed by atoms with van der Waals surface area (Å²) in [5, 5.41) is 3.42. The Bertz CT molecular complexity index is 533. The number of nitrogens with zero attached hydrogens (tertiary/aromatic N) is 1. The lowest BCUT2D eigenvalue weighted by Crippen LogP contribution is -2.55. The van der Waals surface area contributed by atoms with Crippen LogP contribution in [0.5, 0.6) is 0 Å². The van der Waals surface area contributed by atoms with E-state index in [0.717, 1.165) is 24.9 Å². The Morgan fingerprint density at radius 2 is 1.88 bits per heavy atom. The third-order valence-electron chi connectivity index (χ3n) is 5.99. The fraction of sp³-hybridized carbons (Fsp3) is 0.650. The van der Waals surface area contributed by atoms with Gasteiger partial charge in [-0.3, -0.25) is 9.69 Å². The normalized spacial score (nSPS) is 30.8. The maximum Gasteiger partial charge on any atom is 0.242 e. The Balaban J connectivity index is 1.76. The first-order valence-electron chi connectivity index (χ1n) is 9.41. The van der Waals surface area contributed by atoms with Crippen LogP contribution in [0.3, 0.4) is 0 Å². The van der Waals surface area contributed by atoms with Gasteiger partial charge in [-0.05, 0) is 56.7 Å². The van der Waals surface area contributed by atoms with Crippen molar-refractivity contribution in [2.45, 2.75) is 57.2 Å². The van der Waals surface area contributed by atoms with Crippen molar-refractivity contribution >= 4 is 5.91 Å². The molecule has 0 heterocycles. The van der Waals surface area contributed by atoms with E-state index in [1.165, 1.54) is 19.3 Å². The molecule has 3 N–H and O–H groups in total.